The first-order chi connectivity index (χ1) is 10.1. The lowest BCUT2D eigenvalue weighted by Gasteiger charge is -2.26. The van der Waals surface area contributed by atoms with Crippen molar-refractivity contribution in [3.63, 3.8) is 0 Å². The van der Waals surface area contributed by atoms with Gasteiger partial charge in [0.25, 0.3) is 0 Å². The summed E-state index contributed by atoms with van der Waals surface area (Å²) in [7, 11) is 1.68. The Morgan fingerprint density at radius 3 is 3.05 bits per heavy atom. The molecular weight excluding hydrogens is 268 g/mol. The summed E-state index contributed by atoms with van der Waals surface area (Å²) in [4.78, 5) is 11.7. The molecule has 0 spiro atoms. The molecule has 1 aliphatic carbocycles. The summed E-state index contributed by atoms with van der Waals surface area (Å²) < 4.78 is 5.27. The van der Waals surface area contributed by atoms with Crippen molar-refractivity contribution in [3.8, 4) is 5.75 Å². The number of amides is 2. The number of fused-ring (bicyclic) bond motifs is 1. The molecule has 0 aliphatic heterocycles. The highest BCUT2D eigenvalue weighted by molar-refractivity contribution is 5.74. The number of hydrogen-bond acceptors (Lipinski definition) is 3. The fraction of sp³-hybridized carbons (Fsp3) is 0.562. The number of aliphatic hydroxyl groups excluding tert-OH is 1. The van der Waals surface area contributed by atoms with E-state index in [1.807, 2.05) is 6.07 Å². The summed E-state index contributed by atoms with van der Waals surface area (Å²) in [5.41, 5.74) is 2.62. The maximum Gasteiger partial charge on any atom is 0.315 e. The number of methoxy groups -OCH3 is 1. The van der Waals surface area contributed by atoms with Crippen molar-refractivity contribution in [1.82, 2.24) is 10.6 Å². The number of nitrogens with one attached hydrogen (secondary N) is 2. The van der Waals surface area contributed by atoms with Gasteiger partial charge < -0.3 is 20.5 Å². The van der Waals surface area contributed by atoms with Crippen LogP contribution in [0.15, 0.2) is 18.2 Å². The van der Waals surface area contributed by atoms with Crippen LogP contribution in [-0.2, 0) is 6.42 Å². The van der Waals surface area contributed by atoms with Crippen molar-refractivity contribution in [2.45, 2.75) is 38.1 Å². The third kappa shape index (κ3) is 4.11. The zero-order chi connectivity index (χ0) is 15.2. The highest BCUT2D eigenvalue weighted by Gasteiger charge is 2.21. The molecule has 0 fully saturated rings. The number of hydrogen-bond donors (Lipinski definition) is 3. The van der Waals surface area contributed by atoms with E-state index in [0.717, 1.165) is 25.0 Å². The summed E-state index contributed by atoms with van der Waals surface area (Å²) in [6.07, 6.45) is 3.27. The van der Waals surface area contributed by atoms with Gasteiger partial charge in [0, 0.05) is 12.5 Å². The number of rotatable bonds is 5. The van der Waals surface area contributed by atoms with E-state index in [-0.39, 0.29) is 18.7 Å². The molecule has 0 aromatic heterocycles. The lowest BCUT2D eigenvalue weighted by atomic mass is 9.82. The van der Waals surface area contributed by atoms with Crippen molar-refractivity contribution in [2.24, 2.45) is 0 Å². The second kappa shape index (κ2) is 7.31. The van der Waals surface area contributed by atoms with Gasteiger partial charge in [0.15, 0.2) is 0 Å². The average molecular weight is 292 g/mol. The molecule has 0 saturated carbocycles. The van der Waals surface area contributed by atoms with Crippen LogP contribution in [0.5, 0.6) is 5.75 Å². The van der Waals surface area contributed by atoms with Gasteiger partial charge in [-0.25, -0.2) is 4.79 Å². The van der Waals surface area contributed by atoms with E-state index in [4.69, 9.17) is 9.84 Å². The van der Waals surface area contributed by atoms with Gasteiger partial charge in [0.2, 0.25) is 0 Å². The summed E-state index contributed by atoms with van der Waals surface area (Å²) in [6.45, 7) is 2.32. The molecule has 5 nitrogen and oxygen atoms in total. The molecule has 2 rings (SSSR count). The lowest BCUT2D eigenvalue weighted by Crippen LogP contribution is -2.43. The Hall–Kier alpha value is -1.75. The molecule has 0 saturated heterocycles. The molecule has 0 heterocycles. The van der Waals surface area contributed by atoms with Crippen LogP contribution in [0, 0.1) is 0 Å². The third-order valence-corrected chi connectivity index (χ3v) is 3.95. The zero-order valence-electron chi connectivity index (χ0n) is 12.7. The normalized spacial score (nSPS) is 18.5. The van der Waals surface area contributed by atoms with Crippen molar-refractivity contribution >= 4 is 6.03 Å². The van der Waals surface area contributed by atoms with Crippen LogP contribution in [0.25, 0.3) is 0 Å². The molecule has 0 radical (unpaired) electrons. The van der Waals surface area contributed by atoms with Crippen molar-refractivity contribution in [3.05, 3.63) is 29.3 Å². The van der Waals surface area contributed by atoms with Crippen LogP contribution in [0.4, 0.5) is 4.79 Å². The molecule has 2 atom stereocenters. The standard InChI is InChI=1S/C16H24N2O3/c1-11(10-19)18-16(20)17-9-13-5-3-4-12-8-14(21-2)6-7-15(12)13/h6-8,11,13,19H,3-5,9-10H2,1-2H3,(H2,17,18,20)/t11-,13+/m1/s1. The van der Waals surface area contributed by atoms with E-state index in [1.165, 1.54) is 11.1 Å². The smallest absolute Gasteiger partial charge is 0.315 e. The highest BCUT2D eigenvalue weighted by atomic mass is 16.5. The quantitative estimate of drug-likeness (QED) is 0.775. The summed E-state index contributed by atoms with van der Waals surface area (Å²) >= 11 is 0. The van der Waals surface area contributed by atoms with Crippen LogP contribution in [0.3, 0.4) is 0 Å². The summed E-state index contributed by atoms with van der Waals surface area (Å²) in [5.74, 6) is 1.23. The van der Waals surface area contributed by atoms with E-state index in [0.29, 0.717) is 12.5 Å². The average Bonchev–Trinajstić information content (AvgIpc) is 2.51. The zero-order valence-corrected chi connectivity index (χ0v) is 12.7. The number of ether oxygens (including phenoxy) is 1. The highest BCUT2D eigenvalue weighted by Crippen LogP contribution is 2.33. The SMILES string of the molecule is COc1ccc2c(c1)CCC[C@H]2CNC(=O)N[C@H](C)CO. The van der Waals surface area contributed by atoms with Crippen LogP contribution < -0.4 is 15.4 Å². The van der Waals surface area contributed by atoms with E-state index in [9.17, 15) is 4.79 Å². The molecule has 1 aliphatic rings. The number of urea groups is 1. The van der Waals surface area contributed by atoms with Crippen molar-refractivity contribution < 1.29 is 14.6 Å². The number of carbonyl (C=O) groups is 1. The Kier molecular flexibility index (Phi) is 5.44. The van der Waals surface area contributed by atoms with Gasteiger partial charge in [-0.15, -0.1) is 0 Å². The molecular formula is C16H24N2O3. The first-order valence-corrected chi connectivity index (χ1v) is 7.46. The van der Waals surface area contributed by atoms with E-state index in [2.05, 4.69) is 22.8 Å². The maximum atomic E-state index is 11.7. The molecule has 5 heteroatoms. The Bertz CT molecular complexity index is 490. The van der Waals surface area contributed by atoms with Crippen molar-refractivity contribution in [2.75, 3.05) is 20.3 Å². The topological polar surface area (TPSA) is 70.6 Å². The maximum absolute atomic E-state index is 11.7. The van der Waals surface area contributed by atoms with Gasteiger partial charge in [-0.05, 0) is 49.4 Å². The van der Waals surface area contributed by atoms with Gasteiger partial charge in [0.05, 0.1) is 19.8 Å². The van der Waals surface area contributed by atoms with Gasteiger partial charge >= 0.3 is 6.03 Å². The second-order valence-electron chi connectivity index (χ2n) is 5.59. The second-order valence-corrected chi connectivity index (χ2v) is 5.59. The largest absolute Gasteiger partial charge is 0.497 e. The van der Waals surface area contributed by atoms with Crippen molar-refractivity contribution in [1.29, 1.82) is 0 Å². The van der Waals surface area contributed by atoms with Crippen LogP contribution >= 0.6 is 0 Å². The molecule has 21 heavy (non-hydrogen) atoms. The Balaban J connectivity index is 1.95. The van der Waals surface area contributed by atoms with Gasteiger partial charge in [0.1, 0.15) is 5.75 Å². The molecule has 1 aromatic carbocycles. The van der Waals surface area contributed by atoms with Crippen LogP contribution in [0.1, 0.15) is 36.8 Å². The monoisotopic (exact) mass is 292 g/mol. The number of aliphatic hydroxyl groups is 1. The lowest BCUT2D eigenvalue weighted by molar-refractivity contribution is 0.220. The minimum Gasteiger partial charge on any atom is -0.497 e. The summed E-state index contributed by atoms with van der Waals surface area (Å²) in [5, 5.41) is 14.5. The number of benzene rings is 1. The van der Waals surface area contributed by atoms with Crippen LogP contribution in [0.2, 0.25) is 0 Å². The number of carbonyl (C=O) groups excluding carboxylic acids is 1. The van der Waals surface area contributed by atoms with E-state index in [1.54, 1.807) is 14.0 Å². The molecule has 116 valence electrons. The fourth-order valence-electron chi connectivity index (χ4n) is 2.77. The molecule has 3 N–H and O–H groups in total. The van der Waals surface area contributed by atoms with Gasteiger partial charge in [-0.1, -0.05) is 6.07 Å². The fourth-order valence-corrected chi connectivity index (χ4v) is 2.77. The van der Waals surface area contributed by atoms with E-state index >= 15 is 0 Å². The predicted molar refractivity (Wildman–Crippen MR) is 81.8 cm³/mol. The number of aryl methyl sites for hydroxylation is 1. The molecule has 0 unspecified atom stereocenters. The van der Waals surface area contributed by atoms with E-state index < -0.39 is 0 Å². The first-order valence-electron chi connectivity index (χ1n) is 7.46. The molecule has 0 bridgehead atoms. The van der Waals surface area contributed by atoms with Crippen LogP contribution in [-0.4, -0.2) is 37.4 Å². The Morgan fingerprint density at radius 1 is 1.52 bits per heavy atom. The minimum absolute atomic E-state index is 0.0561. The first kappa shape index (κ1) is 15.6. The Morgan fingerprint density at radius 2 is 2.33 bits per heavy atom. The predicted octanol–water partition coefficient (Wildman–Crippen LogP) is 1.80. The molecule has 1 aromatic rings. The minimum atomic E-state index is -0.229. The third-order valence-electron chi connectivity index (χ3n) is 3.95. The molecule has 2 amide bonds. The van der Waals surface area contributed by atoms with Gasteiger partial charge in [-0.3, -0.25) is 0 Å². The summed E-state index contributed by atoms with van der Waals surface area (Å²) in [6, 6.07) is 5.72. The van der Waals surface area contributed by atoms with Gasteiger partial charge in [-0.2, -0.15) is 0 Å². The Labute approximate surface area is 125 Å².